The molecule has 9 nitrogen and oxygen atoms in total. The Morgan fingerprint density at radius 1 is 1.14 bits per heavy atom. The number of rotatable bonds is 10. The van der Waals surface area contributed by atoms with Crippen molar-refractivity contribution in [2.75, 3.05) is 13.2 Å². The maximum absolute atomic E-state index is 12.5. The molecule has 0 aromatic heterocycles. The van der Waals surface area contributed by atoms with Gasteiger partial charge in [-0.1, -0.05) is 0 Å². The van der Waals surface area contributed by atoms with Gasteiger partial charge in [-0.25, -0.2) is 4.57 Å². The molecule has 0 aromatic rings. The Morgan fingerprint density at radius 3 is 2.43 bits per heavy atom. The second-order valence-corrected chi connectivity index (χ2v) is 9.58. The van der Waals surface area contributed by atoms with Gasteiger partial charge in [0.1, 0.15) is 18.8 Å². The van der Waals surface area contributed by atoms with E-state index in [-0.39, 0.29) is 50.2 Å². The van der Waals surface area contributed by atoms with Gasteiger partial charge in [0, 0.05) is 12.8 Å². The lowest BCUT2D eigenvalue weighted by molar-refractivity contribution is -0.252. The summed E-state index contributed by atoms with van der Waals surface area (Å²) in [6, 6.07) is 0. The zero-order chi connectivity index (χ0) is 21.1. The molecule has 0 aromatic carbocycles. The Morgan fingerprint density at radius 2 is 1.82 bits per heavy atom. The van der Waals surface area contributed by atoms with Crippen LogP contribution in [0.5, 0.6) is 0 Å². The zero-order valence-corrected chi connectivity index (χ0v) is 18.5. The highest BCUT2D eigenvalue weighted by Gasteiger charge is 2.51. The molecule has 1 unspecified atom stereocenters. The summed E-state index contributed by atoms with van der Waals surface area (Å²) in [7, 11) is -4.46. The van der Waals surface area contributed by atoms with Crippen LogP contribution in [0, 0.1) is 0 Å². The summed E-state index contributed by atoms with van der Waals surface area (Å²) in [5.74, 6) is -1.81. The molecule has 2 aliphatic heterocycles. The minimum absolute atomic E-state index is 0.00617. The van der Waals surface area contributed by atoms with E-state index < -0.39 is 25.8 Å². The van der Waals surface area contributed by atoms with Crippen molar-refractivity contribution in [2.45, 2.75) is 103 Å². The molecule has 2 N–H and O–H groups in total. The molecule has 7 atom stereocenters. The zero-order valence-electron chi connectivity index (χ0n) is 17.6. The Labute approximate surface area is 167 Å². The van der Waals surface area contributed by atoms with Crippen LogP contribution in [0.15, 0.2) is 0 Å². The summed E-state index contributed by atoms with van der Waals surface area (Å²) in [5, 5.41) is 10.7. The highest BCUT2D eigenvalue weighted by atomic mass is 31.2. The Kier molecular flexibility index (Phi) is 8.47. The van der Waals surface area contributed by atoms with E-state index in [9.17, 15) is 14.6 Å². The molecule has 28 heavy (non-hydrogen) atoms. The van der Waals surface area contributed by atoms with Crippen molar-refractivity contribution in [3.05, 3.63) is 0 Å². The van der Waals surface area contributed by atoms with Crippen molar-refractivity contribution in [1.82, 2.24) is 0 Å². The monoisotopic (exact) mass is 426 g/mol. The molecule has 0 amide bonds. The molecule has 0 bridgehead atoms. The molecule has 0 spiro atoms. The second-order valence-electron chi connectivity index (χ2n) is 8.17. The van der Waals surface area contributed by atoms with Crippen LogP contribution in [0.25, 0.3) is 0 Å². The highest BCUT2D eigenvalue weighted by molar-refractivity contribution is 7.47. The third kappa shape index (κ3) is 7.00. The van der Waals surface area contributed by atoms with Crippen LogP contribution in [0.3, 0.4) is 0 Å². The molecule has 166 valence electrons. The molecular formula is C18H35O9P. The molecule has 0 saturated carbocycles. The summed E-state index contributed by atoms with van der Waals surface area (Å²) in [4.78, 5) is 10.2. The highest BCUT2D eigenvalue weighted by Crippen LogP contribution is 2.49. The Hall–Kier alpha value is -0.0900. The number of phosphoric acid groups is 1. The summed E-state index contributed by atoms with van der Waals surface area (Å²) in [6.45, 7) is 10.8. The lowest BCUT2D eigenvalue weighted by Gasteiger charge is -2.30. The van der Waals surface area contributed by atoms with E-state index in [4.69, 9.17) is 28.0 Å². The first kappa shape index (κ1) is 24.2. The Bertz CT molecular complexity index is 543. The topological polar surface area (TPSA) is 113 Å². The minimum atomic E-state index is -4.46. The molecule has 10 heteroatoms. The summed E-state index contributed by atoms with van der Waals surface area (Å²) >= 11 is 0. The van der Waals surface area contributed by atoms with E-state index >= 15 is 0 Å². The first-order valence-corrected chi connectivity index (χ1v) is 11.4. The lowest BCUT2D eigenvalue weighted by atomic mass is 10.1. The largest absolute Gasteiger partial charge is 0.472 e. The van der Waals surface area contributed by atoms with Crippen molar-refractivity contribution in [3.63, 3.8) is 0 Å². The summed E-state index contributed by atoms with van der Waals surface area (Å²) in [5.41, 5.74) is 0. The lowest BCUT2D eigenvalue weighted by Crippen LogP contribution is -2.45. The normalized spacial score (nSPS) is 38.4. The Balaban J connectivity index is 1.93. The van der Waals surface area contributed by atoms with Crippen LogP contribution in [0.1, 0.15) is 54.4 Å². The minimum Gasteiger partial charge on any atom is -0.373 e. The van der Waals surface area contributed by atoms with Crippen molar-refractivity contribution in [3.8, 4) is 0 Å². The van der Waals surface area contributed by atoms with E-state index in [0.717, 1.165) is 0 Å². The molecule has 0 aliphatic carbocycles. The standard InChI is InChI=1S/C18H35O9P/c1-11(2)22-10-18(19)17(8-14(6)26-18)27-28(20,21)23-9-16-15(24-12(3)4)7-13(5)25-16/h11-17,19H,7-10H2,1-6H3,(H,20,21)/t13-,14-,15+,16+,17+,18+/m0/s1. The van der Waals surface area contributed by atoms with E-state index in [2.05, 4.69) is 0 Å². The van der Waals surface area contributed by atoms with Gasteiger partial charge in [0.05, 0.1) is 37.1 Å². The third-order valence-corrected chi connectivity index (χ3v) is 5.57. The van der Waals surface area contributed by atoms with Gasteiger partial charge in [-0.15, -0.1) is 0 Å². The summed E-state index contributed by atoms with van der Waals surface area (Å²) < 4.78 is 45.3. The third-order valence-electron chi connectivity index (χ3n) is 4.57. The smallest absolute Gasteiger partial charge is 0.373 e. The number of phosphoric ester groups is 1. The van der Waals surface area contributed by atoms with Crippen molar-refractivity contribution in [2.24, 2.45) is 0 Å². The fraction of sp³-hybridized carbons (Fsp3) is 1.00. The van der Waals surface area contributed by atoms with Crippen molar-refractivity contribution < 1.29 is 42.6 Å². The number of ether oxygens (including phenoxy) is 4. The first-order chi connectivity index (χ1) is 12.9. The fourth-order valence-corrected chi connectivity index (χ4v) is 4.38. The van der Waals surface area contributed by atoms with Crippen LogP contribution >= 0.6 is 7.82 Å². The molecule has 2 aliphatic rings. The molecule has 0 radical (unpaired) electrons. The SMILES string of the molecule is CC(C)OC[C@@]1(O)O[C@@H](C)C[C@H]1OP(=O)(O)OC[C@H]1O[C@@H](C)C[C@H]1OC(C)C. The first-order valence-electron chi connectivity index (χ1n) is 9.88. The van der Waals surface area contributed by atoms with Crippen LogP contribution < -0.4 is 0 Å². The average Bonchev–Trinajstić information content (AvgIpc) is 3.02. The predicted octanol–water partition coefficient (Wildman–Crippen LogP) is 2.38. The number of aliphatic hydroxyl groups is 1. The van der Waals surface area contributed by atoms with Gasteiger partial charge in [0.15, 0.2) is 0 Å². The van der Waals surface area contributed by atoms with Gasteiger partial charge < -0.3 is 28.9 Å². The quantitative estimate of drug-likeness (QED) is 0.508. The van der Waals surface area contributed by atoms with Gasteiger partial charge in [0.25, 0.3) is 0 Å². The number of hydrogen-bond donors (Lipinski definition) is 2. The van der Waals surface area contributed by atoms with Crippen LogP contribution in [-0.2, 0) is 32.6 Å². The van der Waals surface area contributed by atoms with Crippen LogP contribution in [0.4, 0.5) is 0 Å². The average molecular weight is 426 g/mol. The molecule has 2 rings (SSSR count). The summed E-state index contributed by atoms with van der Waals surface area (Å²) in [6.07, 6.45) is -1.34. The van der Waals surface area contributed by atoms with Crippen LogP contribution in [-0.4, -0.2) is 71.7 Å². The van der Waals surface area contributed by atoms with E-state index in [1.807, 2.05) is 34.6 Å². The van der Waals surface area contributed by atoms with Crippen LogP contribution in [0.2, 0.25) is 0 Å². The van der Waals surface area contributed by atoms with Gasteiger partial charge >= 0.3 is 7.82 Å². The predicted molar refractivity (Wildman–Crippen MR) is 101 cm³/mol. The van der Waals surface area contributed by atoms with Gasteiger partial charge in [-0.3, -0.25) is 9.05 Å². The molecule has 2 heterocycles. The van der Waals surface area contributed by atoms with E-state index in [1.165, 1.54) is 0 Å². The number of hydrogen-bond acceptors (Lipinski definition) is 8. The molecular weight excluding hydrogens is 391 g/mol. The fourth-order valence-electron chi connectivity index (χ4n) is 3.42. The maximum atomic E-state index is 12.5. The van der Waals surface area contributed by atoms with Crippen molar-refractivity contribution >= 4 is 7.82 Å². The maximum Gasteiger partial charge on any atom is 0.472 e. The van der Waals surface area contributed by atoms with E-state index in [1.54, 1.807) is 6.92 Å². The van der Waals surface area contributed by atoms with Gasteiger partial charge in [-0.2, -0.15) is 0 Å². The second kappa shape index (κ2) is 9.81. The van der Waals surface area contributed by atoms with Gasteiger partial charge in [0.2, 0.25) is 5.79 Å². The molecule has 2 fully saturated rings. The van der Waals surface area contributed by atoms with Gasteiger partial charge in [-0.05, 0) is 41.5 Å². The van der Waals surface area contributed by atoms with E-state index in [0.29, 0.717) is 6.42 Å². The van der Waals surface area contributed by atoms with Crippen molar-refractivity contribution in [1.29, 1.82) is 0 Å². The molecule has 2 saturated heterocycles.